The molecule has 29 heavy (non-hydrogen) atoms. The number of hydrogen-bond acceptors (Lipinski definition) is 8. The third-order valence-electron chi connectivity index (χ3n) is 5.10. The fraction of sp³-hybridized carbons (Fsp3) is 0.526. The zero-order chi connectivity index (χ0) is 21.1. The third-order valence-corrected chi connectivity index (χ3v) is 5.89. The summed E-state index contributed by atoms with van der Waals surface area (Å²) in [4.78, 5) is 36.7. The van der Waals surface area contributed by atoms with Crippen molar-refractivity contribution in [3.8, 4) is 0 Å². The van der Waals surface area contributed by atoms with Crippen LogP contribution in [-0.2, 0) is 4.79 Å². The van der Waals surface area contributed by atoms with Crippen LogP contribution >= 0.6 is 11.5 Å². The highest BCUT2D eigenvalue weighted by Crippen LogP contribution is 2.30. The Morgan fingerprint density at radius 1 is 1.38 bits per heavy atom. The lowest BCUT2D eigenvalue weighted by Crippen LogP contribution is -2.43. The van der Waals surface area contributed by atoms with E-state index in [1.807, 2.05) is 13.0 Å². The number of aryl methyl sites for hydroxylation is 1. The second-order valence-electron chi connectivity index (χ2n) is 7.68. The second-order valence-corrected chi connectivity index (χ2v) is 8.49. The van der Waals surface area contributed by atoms with Crippen LogP contribution in [0.1, 0.15) is 42.4 Å². The van der Waals surface area contributed by atoms with E-state index in [9.17, 15) is 9.59 Å². The van der Waals surface area contributed by atoms with Crippen molar-refractivity contribution < 1.29 is 9.59 Å². The standard InChI is InChI=1S/C19H27N7O2S/c1-11-7-15(29-24-11)23-19-17(18(20)28)21-9-14(22-19)26-10-13(6-5-12(26)2)8-16(27)25(3)4/h7,9,12-13H,5-6,8,10H2,1-4H3,(H2,20,28)(H,22,23)/t12-,13-/m1/s1. The smallest absolute Gasteiger partial charge is 0.271 e. The van der Waals surface area contributed by atoms with Crippen LogP contribution in [-0.4, -0.2) is 57.7 Å². The molecular formula is C19H27N7O2S. The molecule has 9 nitrogen and oxygen atoms in total. The van der Waals surface area contributed by atoms with Gasteiger partial charge in [0.1, 0.15) is 10.8 Å². The summed E-state index contributed by atoms with van der Waals surface area (Å²) in [5.74, 6) is 0.710. The molecular weight excluding hydrogens is 390 g/mol. The maximum Gasteiger partial charge on any atom is 0.271 e. The van der Waals surface area contributed by atoms with E-state index in [4.69, 9.17) is 5.73 Å². The Bertz CT molecular complexity index is 898. The van der Waals surface area contributed by atoms with Crippen LogP contribution in [0, 0.1) is 12.8 Å². The van der Waals surface area contributed by atoms with Gasteiger partial charge in [-0.3, -0.25) is 9.59 Å². The summed E-state index contributed by atoms with van der Waals surface area (Å²) in [5, 5.41) is 3.88. The number of aromatic nitrogens is 3. The van der Waals surface area contributed by atoms with Gasteiger partial charge in [-0.15, -0.1) is 0 Å². The van der Waals surface area contributed by atoms with E-state index in [-0.39, 0.29) is 23.6 Å². The Morgan fingerprint density at radius 3 is 2.76 bits per heavy atom. The first-order valence-corrected chi connectivity index (χ1v) is 10.4. The Labute approximate surface area is 174 Å². The first kappa shape index (κ1) is 21.0. The molecule has 0 spiro atoms. The summed E-state index contributed by atoms with van der Waals surface area (Å²) in [6, 6.07) is 2.13. The first-order valence-electron chi connectivity index (χ1n) is 9.58. The maximum atomic E-state index is 12.1. The van der Waals surface area contributed by atoms with Crippen LogP contribution in [0.15, 0.2) is 12.3 Å². The van der Waals surface area contributed by atoms with Gasteiger partial charge in [0.15, 0.2) is 11.5 Å². The SMILES string of the molecule is Cc1cc(Nc2nc(N3C[C@@H](CC(=O)N(C)C)CC[C@H]3C)cnc2C(N)=O)sn1. The number of piperidine rings is 1. The predicted molar refractivity (Wildman–Crippen MR) is 114 cm³/mol. The molecule has 0 radical (unpaired) electrons. The molecule has 1 aliphatic heterocycles. The van der Waals surface area contributed by atoms with Crippen LogP contribution in [0.25, 0.3) is 0 Å². The molecule has 1 saturated heterocycles. The van der Waals surface area contributed by atoms with Gasteiger partial charge in [0.25, 0.3) is 5.91 Å². The van der Waals surface area contributed by atoms with Crippen LogP contribution in [0.5, 0.6) is 0 Å². The molecule has 3 heterocycles. The fourth-order valence-corrected chi connectivity index (χ4v) is 4.08. The number of hydrogen-bond donors (Lipinski definition) is 2. The predicted octanol–water partition coefficient (Wildman–Crippen LogP) is 2.17. The molecule has 0 saturated carbocycles. The van der Waals surface area contributed by atoms with Gasteiger partial charge in [-0.25, -0.2) is 9.97 Å². The summed E-state index contributed by atoms with van der Waals surface area (Å²) >= 11 is 1.28. The lowest BCUT2D eigenvalue weighted by molar-refractivity contribution is -0.129. The zero-order valence-corrected chi connectivity index (χ0v) is 18.0. The van der Waals surface area contributed by atoms with Crippen molar-refractivity contribution in [1.82, 2.24) is 19.2 Å². The monoisotopic (exact) mass is 417 g/mol. The van der Waals surface area contributed by atoms with E-state index in [0.717, 1.165) is 23.5 Å². The van der Waals surface area contributed by atoms with Crippen molar-refractivity contribution in [3.63, 3.8) is 0 Å². The van der Waals surface area contributed by atoms with Gasteiger partial charge in [-0.2, -0.15) is 4.37 Å². The number of nitrogens with one attached hydrogen (secondary N) is 1. The number of carbonyl (C=O) groups excluding carboxylic acids is 2. The zero-order valence-electron chi connectivity index (χ0n) is 17.2. The van der Waals surface area contributed by atoms with Gasteiger partial charge in [0, 0.05) is 33.1 Å². The molecule has 1 aliphatic rings. The van der Waals surface area contributed by atoms with E-state index < -0.39 is 5.91 Å². The number of amides is 2. The first-order chi connectivity index (χ1) is 13.7. The van der Waals surface area contributed by atoms with E-state index in [1.165, 1.54) is 11.5 Å². The molecule has 2 aromatic rings. The molecule has 0 aromatic carbocycles. The Morgan fingerprint density at radius 2 is 2.14 bits per heavy atom. The lowest BCUT2D eigenvalue weighted by atomic mass is 9.90. The van der Waals surface area contributed by atoms with Crippen molar-refractivity contribution in [2.75, 3.05) is 30.9 Å². The highest BCUT2D eigenvalue weighted by molar-refractivity contribution is 7.10. The van der Waals surface area contributed by atoms with Gasteiger partial charge in [0.05, 0.1) is 11.9 Å². The molecule has 0 bridgehead atoms. The molecule has 2 amide bonds. The van der Waals surface area contributed by atoms with Crippen molar-refractivity contribution >= 4 is 40.0 Å². The Kier molecular flexibility index (Phi) is 6.31. The largest absolute Gasteiger partial charge is 0.364 e. The van der Waals surface area contributed by atoms with Gasteiger partial charge in [0.2, 0.25) is 5.91 Å². The van der Waals surface area contributed by atoms with Crippen LogP contribution in [0.3, 0.4) is 0 Å². The maximum absolute atomic E-state index is 12.1. The third kappa shape index (κ3) is 5.00. The Hall–Kier alpha value is -2.75. The summed E-state index contributed by atoms with van der Waals surface area (Å²) in [5.41, 5.74) is 6.45. The molecule has 0 unspecified atom stereocenters. The molecule has 2 atom stereocenters. The van der Waals surface area contributed by atoms with E-state index in [2.05, 4.69) is 31.5 Å². The number of nitrogens with two attached hydrogens (primary N) is 1. The summed E-state index contributed by atoms with van der Waals surface area (Å²) in [6.45, 7) is 4.74. The highest BCUT2D eigenvalue weighted by Gasteiger charge is 2.29. The minimum atomic E-state index is -0.645. The van der Waals surface area contributed by atoms with Crippen molar-refractivity contribution in [2.24, 2.45) is 11.7 Å². The van der Waals surface area contributed by atoms with E-state index in [1.54, 1.807) is 25.2 Å². The van der Waals surface area contributed by atoms with Crippen molar-refractivity contribution in [3.05, 3.63) is 23.7 Å². The minimum Gasteiger partial charge on any atom is -0.364 e. The minimum absolute atomic E-state index is 0.0869. The number of carbonyl (C=O) groups is 2. The van der Waals surface area contributed by atoms with Gasteiger partial charge >= 0.3 is 0 Å². The second kappa shape index (κ2) is 8.73. The highest BCUT2D eigenvalue weighted by atomic mass is 32.1. The molecule has 2 aromatic heterocycles. The molecule has 0 aliphatic carbocycles. The molecule has 1 fully saturated rings. The number of rotatable bonds is 6. The summed E-state index contributed by atoms with van der Waals surface area (Å²) < 4.78 is 4.23. The van der Waals surface area contributed by atoms with E-state index >= 15 is 0 Å². The topological polar surface area (TPSA) is 117 Å². The van der Waals surface area contributed by atoms with Crippen molar-refractivity contribution in [2.45, 2.75) is 39.2 Å². The van der Waals surface area contributed by atoms with Gasteiger partial charge in [-0.1, -0.05) is 0 Å². The number of nitrogens with zero attached hydrogens (tertiary/aromatic N) is 5. The Balaban J connectivity index is 1.85. The van der Waals surface area contributed by atoms with Crippen LogP contribution < -0.4 is 16.0 Å². The number of primary amides is 1. The fourth-order valence-electron chi connectivity index (χ4n) is 3.42. The average Bonchev–Trinajstić information content (AvgIpc) is 3.07. The molecule has 3 N–H and O–H groups in total. The quantitative estimate of drug-likeness (QED) is 0.739. The summed E-state index contributed by atoms with van der Waals surface area (Å²) in [7, 11) is 3.55. The van der Waals surface area contributed by atoms with Gasteiger partial charge < -0.3 is 20.9 Å². The van der Waals surface area contributed by atoms with Crippen molar-refractivity contribution in [1.29, 1.82) is 0 Å². The molecule has 10 heteroatoms. The molecule has 156 valence electrons. The summed E-state index contributed by atoms with van der Waals surface area (Å²) in [6.07, 6.45) is 4.04. The number of anilines is 3. The lowest BCUT2D eigenvalue weighted by Gasteiger charge is -2.39. The molecule has 3 rings (SSSR count). The van der Waals surface area contributed by atoms with Gasteiger partial charge in [-0.05, 0) is 50.2 Å². The normalized spacial score (nSPS) is 19.1. The van der Waals surface area contributed by atoms with Crippen LogP contribution in [0.4, 0.5) is 16.6 Å². The van der Waals surface area contributed by atoms with E-state index in [0.29, 0.717) is 24.6 Å². The average molecular weight is 418 g/mol. The van der Waals surface area contributed by atoms with Crippen LogP contribution in [0.2, 0.25) is 0 Å².